The Labute approximate surface area is 183 Å². The van der Waals surface area contributed by atoms with E-state index in [1.54, 1.807) is 0 Å². The molecule has 0 radical (unpaired) electrons. The normalized spacial score (nSPS) is 17.1. The molecule has 1 fully saturated rings. The molecule has 2 heterocycles. The summed E-state index contributed by atoms with van der Waals surface area (Å²) in [6.45, 7) is 4.60. The zero-order valence-corrected chi connectivity index (χ0v) is 17.5. The predicted molar refractivity (Wildman–Crippen MR) is 114 cm³/mol. The number of rotatable bonds is 5. The molecule has 2 aromatic carbocycles. The number of aromatic nitrogens is 2. The summed E-state index contributed by atoms with van der Waals surface area (Å²) >= 11 is 0. The van der Waals surface area contributed by atoms with E-state index in [0.717, 1.165) is 49.5 Å². The summed E-state index contributed by atoms with van der Waals surface area (Å²) in [5.41, 5.74) is 4.56. The van der Waals surface area contributed by atoms with E-state index in [2.05, 4.69) is 57.1 Å². The highest BCUT2D eigenvalue weighted by Crippen LogP contribution is 2.18. The molecule has 32 heavy (non-hydrogen) atoms. The number of imidazole rings is 1. The van der Waals surface area contributed by atoms with E-state index in [-0.39, 0.29) is 6.10 Å². The fourth-order valence-electron chi connectivity index (χ4n) is 3.31. The van der Waals surface area contributed by atoms with E-state index < -0.39 is 12.1 Å². The van der Waals surface area contributed by atoms with Gasteiger partial charge >= 0.3 is 12.1 Å². The van der Waals surface area contributed by atoms with Gasteiger partial charge in [-0.25, -0.2) is 9.78 Å². The molecular weight excluding hydrogens is 425 g/mol. The maximum atomic E-state index is 10.6. The molecule has 0 spiro atoms. The number of carboxylic acid groups (broad SMARTS) is 1. The maximum Gasteiger partial charge on any atom is 0.490 e. The van der Waals surface area contributed by atoms with Crippen molar-refractivity contribution in [2.75, 3.05) is 33.3 Å². The van der Waals surface area contributed by atoms with Gasteiger partial charge in [0.1, 0.15) is 6.33 Å². The Morgan fingerprint density at radius 3 is 2.56 bits per heavy atom. The third-order valence-electron chi connectivity index (χ3n) is 4.95. The van der Waals surface area contributed by atoms with Gasteiger partial charge in [0.2, 0.25) is 0 Å². The van der Waals surface area contributed by atoms with Gasteiger partial charge in [-0.15, -0.1) is 0 Å². The summed E-state index contributed by atoms with van der Waals surface area (Å²) in [5, 5.41) is 10.6. The lowest BCUT2D eigenvalue weighted by molar-refractivity contribution is -0.192. The third kappa shape index (κ3) is 6.52. The van der Waals surface area contributed by atoms with Crippen molar-refractivity contribution in [1.82, 2.24) is 19.8 Å². The lowest BCUT2D eigenvalue weighted by Crippen LogP contribution is -2.44. The van der Waals surface area contributed by atoms with Crippen LogP contribution in [-0.4, -0.2) is 71.1 Å². The number of alkyl halides is 3. The van der Waals surface area contributed by atoms with Gasteiger partial charge in [0, 0.05) is 31.9 Å². The molecule has 172 valence electrons. The molecule has 3 aromatic rings. The molecule has 10 heteroatoms. The average molecular weight is 450 g/mol. The second-order valence-electron chi connectivity index (χ2n) is 7.46. The standard InChI is InChI=1S/C20H24N4O.C2HF3O2/c1-23-10-11-25-18(14-23)13-21-12-16-6-8-17(9-7-16)24-15-22-19-4-2-3-5-20(19)24;3-2(4,5)1(6)7/h2-9,15,18,21H,10-14H2,1H3;(H,6,7). The fraction of sp³-hybridized carbons (Fsp3) is 0.364. The van der Waals surface area contributed by atoms with Crippen LogP contribution in [0.3, 0.4) is 0 Å². The minimum Gasteiger partial charge on any atom is -0.475 e. The largest absolute Gasteiger partial charge is 0.490 e. The zero-order chi connectivity index (χ0) is 23.1. The van der Waals surface area contributed by atoms with Gasteiger partial charge in [0.25, 0.3) is 0 Å². The molecule has 0 bridgehead atoms. The Bertz CT molecular complexity index is 1020. The van der Waals surface area contributed by atoms with Crippen molar-refractivity contribution in [3.05, 3.63) is 60.4 Å². The van der Waals surface area contributed by atoms with Gasteiger partial charge in [0.15, 0.2) is 0 Å². The van der Waals surface area contributed by atoms with Crippen LogP contribution in [0.4, 0.5) is 13.2 Å². The molecule has 2 N–H and O–H groups in total. The van der Waals surface area contributed by atoms with Crippen LogP contribution in [0, 0.1) is 0 Å². The monoisotopic (exact) mass is 450 g/mol. The zero-order valence-electron chi connectivity index (χ0n) is 17.5. The molecule has 1 saturated heterocycles. The number of hydrogen-bond donors (Lipinski definition) is 2. The van der Waals surface area contributed by atoms with Gasteiger partial charge < -0.3 is 20.1 Å². The quantitative estimate of drug-likeness (QED) is 0.622. The molecule has 0 aliphatic carbocycles. The van der Waals surface area contributed by atoms with Crippen LogP contribution in [-0.2, 0) is 16.1 Å². The highest BCUT2D eigenvalue weighted by atomic mass is 19.4. The second-order valence-corrected chi connectivity index (χ2v) is 7.46. The first-order chi connectivity index (χ1) is 15.2. The number of benzene rings is 2. The number of nitrogens with one attached hydrogen (secondary N) is 1. The first-order valence-electron chi connectivity index (χ1n) is 10.1. The average Bonchev–Trinajstić information content (AvgIpc) is 3.18. The highest BCUT2D eigenvalue weighted by Gasteiger charge is 2.38. The Hall–Kier alpha value is -2.95. The number of nitrogens with zero attached hydrogens (tertiary/aromatic N) is 3. The number of carboxylic acids is 1. The number of aliphatic carboxylic acids is 1. The minimum absolute atomic E-state index is 0.287. The van der Waals surface area contributed by atoms with Gasteiger partial charge in [-0.1, -0.05) is 24.3 Å². The predicted octanol–water partition coefficient (Wildman–Crippen LogP) is 3.08. The van der Waals surface area contributed by atoms with E-state index in [0.29, 0.717) is 0 Å². The molecule has 1 unspecified atom stereocenters. The van der Waals surface area contributed by atoms with E-state index in [1.165, 1.54) is 5.56 Å². The van der Waals surface area contributed by atoms with Gasteiger partial charge in [-0.2, -0.15) is 13.2 Å². The fourth-order valence-corrected chi connectivity index (χ4v) is 3.31. The van der Waals surface area contributed by atoms with Crippen molar-refractivity contribution in [3.63, 3.8) is 0 Å². The molecule has 1 atom stereocenters. The Morgan fingerprint density at radius 2 is 1.91 bits per heavy atom. The van der Waals surface area contributed by atoms with E-state index in [1.807, 2.05) is 24.5 Å². The molecule has 0 saturated carbocycles. The number of carbonyl (C=O) groups is 1. The minimum atomic E-state index is -5.08. The number of hydrogen-bond acceptors (Lipinski definition) is 5. The van der Waals surface area contributed by atoms with Crippen LogP contribution < -0.4 is 5.32 Å². The maximum absolute atomic E-state index is 10.6. The number of likely N-dealkylation sites (N-methyl/N-ethyl adjacent to an activating group) is 1. The SMILES string of the molecule is CN1CCOC(CNCc2ccc(-n3cnc4ccccc43)cc2)C1.O=C(O)C(F)(F)F. The lowest BCUT2D eigenvalue weighted by atomic mass is 10.2. The van der Waals surface area contributed by atoms with E-state index >= 15 is 0 Å². The topological polar surface area (TPSA) is 79.6 Å². The van der Waals surface area contributed by atoms with Crippen LogP contribution >= 0.6 is 0 Å². The molecule has 1 aliphatic heterocycles. The Kier molecular flexibility index (Phi) is 7.84. The van der Waals surface area contributed by atoms with Crippen molar-refractivity contribution in [2.24, 2.45) is 0 Å². The summed E-state index contributed by atoms with van der Waals surface area (Å²) in [7, 11) is 2.15. The highest BCUT2D eigenvalue weighted by molar-refractivity contribution is 5.77. The third-order valence-corrected chi connectivity index (χ3v) is 4.95. The van der Waals surface area contributed by atoms with Gasteiger partial charge in [-0.3, -0.25) is 4.57 Å². The number of ether oxygens (including phenoxy) is 1. The van der Waals surface area contributed by atoms with E-state index in [9.17, 15) is 13.2 Å². The Morgan fingerprint density at radius 1 is 1.22 bits per heavy atom. The summed E-state index contributed by atoms with van der Waals surface area (Å²) in [5.74, 6) is -2.76. The van der Waals surface area contributed by atoms with Crippen LogP contribution in [0.1, 0.15) is 5.56 Å². The number of para-hydroxylation sites is 2. The summed E-state index contributed by atoms with van der Waals surface area (Å²) < 4.78 is 39.6. The number of halogens is 3. The second kappa shape index (κ2) is 10.6. The van der Waals surface area contributed by atoms with E-state index in [4.69, 9.17) is 14.6 Å². The lowest BCUT2D eigenvalue weighted by Gasteiger charge is -2.30. The summed E-state index contributed by atoms with van der Waals surface area (Å²) in [4.78, 5) is 15.7. The van der Waals surface area contributed by atoms with Crippen molar-refractivity contribution in [1.29, 1.82) is 0 Å². The first kappa shape index (κ1) is 23.7. The van der Waals surface area contributed by atoms with Crippen LogP contribution in [0.2, 0.25) is 0 Å². The van der Waals surface area contributed by atoms with Crippen molar-refractivity contribution < 1.29 is 27.8 Å². The smallest absolute Gasteiger partial charge is 0.475 e. The Balaban J connectivity index is 0.000000360. The van der Waals surface area contributed by atoms with Crippen LogP contribution in [0.25, 0.3) is 16.7 Å². The van der Waals surface area contributed by atoms with Crippen LogP contribution in [0.5, 0.6) is 0 Å². The van der Waals surface area contributed by atoms with Gasteiger partial charge in [-0.05, 0) is 36.9 Å². The summed E-state index contributed by atoms with van der Waals surface area (Å²) in [6, 6.07) is 16.8. The van der Waals surface area contributed by atoms with Crippen LogP contribution in [0.15, 0.2) is 54.9 Å². The molecular formula is C22H25F3N4O3. The van der Waals surface area contributed by atoms with Crippen molar-refractivity contribution in [3.8, 4) is 5.69 Å². The van der Waals surface area contributed by atoms with Gasteiger partial charge in [0.05, 0.1) is 23.7 Å². The number of morpholine rings is 1. The number of fused-ring (bicyclic) bond motifs is 1. The molecule has 0 amide bonds. The molecule has 1 aromatic heterocycles. The molecule has 7 nitrogen and oxygen atoms in total. The van der Waals surface area contributed by atoms with Crippen molar-refractivity contribution in [2.45, 2.75) is 18.8 Å². The molecule has 1 aliphatic rings. The first-order valence-corrected chi connectivity index (χ1v) is 10.1. The van der Waals surface area contributed by atoms with Crippen molar-refractivity contribution >= 4 is 17.0 Å². The summed E-state index contributed by atoms with van der Waals surface area (Å²) in [6.07, 6.45) is -2.91. The molecule has 4 rings (SSSR count).